The third-order valence-corrected chi connectivity index (χ3v) is 5.69. The molecule has 0 atom stereocenters. The molecule has 1 fully saturated rings. The Morgan fingerprint density at radius 1 is 1.28 bits per heavy atom. The summed E-state index contributed by atoms with van der Waals surface area (Å²) < 4.78 is 30.1. The van der Waals surface area contributed by atoms with Crippen LogP contribution >= 0.6 is 11.6 Å². The standard InChI is InChI=1S/C21H17ClF2N4O/c1-28-6-4-11(5-7-28)18-14(23)8-15-19(20(18)24)17(29)9-16(27-15)21-13(22)3-2-12(10-25)26-21/h2-3,8-9,11H,4-7H2,1H3,(H,27,29). The third kappa shape index (κ3) is 3.50. The lowest BCUT2D eigenvalue weighted by atomic mass is 9.88. The number of H-pyrrole nitrogens is 1. The van der Waals surface area contributed by atoms with E-state index in [1.54, 1.807) is 0 Å². The Balaban J connectivity index is 1.88. The van der Waals surface area contributed by atoms with Crippen LogP contribution in [0, 0.1) is 23.0 Å². The fourth-order valence-electron chi connectivity index (χ4n) is 3.85. The summed E-state index contributed by atoms with van der Waals surface area (Å²) in [7, 11) is 1.97. The lowest BCUT2D eigenvalue weighted by Gasteiger charge is -2.29. The molecule has 4 rings (SSSR count). The van der Waals surface area contributed by atoms with E-state index in [1.807, 2.05) is 13.1 Å². The smallest absolute Gasteiger partial charge is 0.193 e. The van der Waals surface area contributed by atoms with Gasteiger partial charge in [0.15, 0.2) is 5.43 Å². The maximum Gasteiger partial charge on any atom is 0.193 e. The van der Waals surface area contributed by atoms with Crippen LogP contribution in [0.25, 0.3) is 22.3 Å². The molecule has 0 amide bonds. The molecule has 2 aromatic heterocycles. The first-order chi connectivity index (χ1) is 13.9. The number of hydrogen-bond acceptors (Lipinski definition) is 4. The summed E-state index contributed by atoms with van der Waals surface area (Å²) >= 11 is 6.15. The van der Waals surface area contributed by atoms with Crippen molar-refractivity contribution in [1.82, 2.24) is 14.9 Å². The van der Waals surface area contributed by atoms with Crippen molar-refractivity contribution in [3.8, 4) is 17.5 Å². The molecule has 5 nitrogen and oxygen atoms in total. The number of hydrogen-bond donors (Lipinski definition) is 1. The number of benzene rings is 1. The van der Waals surface area contributed by atoms with Gasteiger partial charge in [0.05, 0.1) is 21.6 Å². The van der Waals surface area contributed by atoms with Crippen LogP contribution in [0.15, 0.2) is 29.1 Å². The highest BCUT2D eigenvalue weighted by Gasteiger charge is 2.27. The first-order valence-corrected chi connectivity index (χ1v) is 9.57. The van der Waals surface area contributed by atoms with Gasteiger partial charge in [0, 0.05) is 11.6 Å². The van der Waals surface area contributed by atoms with E-state index in [1.165, 1.54) is 18.2 Å². The van der Waals surface area contributed by atoms with Gasteiger partial charge >= 0.3 is 0 Å². The van der Waals surface area contributed by atoms with E-state index in [4.69, 9.17) is 16.9 Å². The highest BCUT2D eigenvalue weighted by atomic mass is 35.5. The number of rotatable bonds is 2. The number of fused-ring (bicyclic) bond motifs is 1. The molecule has 0 radical (unpaired) electrons. The Hall–Kier alpha value is -2.82. The molecule has 1 aromatic carbocycles. The van der Waals surface area contributed by atoms with E-state index in [-0.39, 0.29) is 44.5 Å². The summed E-state index contributed by atoms with van der Waals surface area (Å²) in [5.41, 5.74) is -0.118. The quantitative estimate of drug-likeness (QED) is 0.682. The average molecular weight is 415 g/mol. The summed E-state index contributed by atoms with van der Waals surface area (Å²) in [5, 5.41) is 9.07. The van der Waals surface area contributed by atoms with Gasteiger partial charge in [-0.3, -0.25) is 4.79 Å². The van der Waals surface area contributed by atoms with E-state index in [0.29, 0.717) is 12.8 Å². The zero-order valence-corrected chi connectivity index (χ0v) is 16.4. The first-order valence-electron chi connectivity index (χ1n) is 9.19. The molecular weight excluding hydrogens is 398 g/mol. The van der Waals surface area contributed by atoms with Crippen LogP contribution in [0.4, 0.5) is 8.78 Å². The summed E-state index contributed by atoms with van der Waals surface area (Å²) in [5.74, 6) is -1.76. The molecule has 0 spiro atoms. The zero-order valence-electron chi connectivity index (χ0n) is 15.6. The van der Waals surface area contributed by atoms with E-state index in [0.717, 1.165) is 19.2 Å². The predicted molar refractivity (Wildman–Crippen MR) is 107 cm³/mol. The maximum absolute atomic E-state index is 15.2. The van der Waals surface area contributed by atoms with Crippen LogP contribution in [-0.2, 0) is 0 Å². The molecule has 0 aliphatic carbocycles. The SMILES string of the molecule is CN1CCC(c2c(F)cc3[nH]c(-c4nc(C#N)ccc4Cl)cc(=O)c3c2F)CC1. The second-order valence-electron chi connectivity index (χ2n) is 7.27. The van der Waals surface area contributed by atoms with Crippen LogP contribution in [0.3, 0.4) is 0 Å². The minimum atomic E-state index is -0.813. The molecule has 8 heteroatoms. The van der Waals surface area contributed by atoms with Crippen molar-refractivity contribution in [2.75, 3.05) is 20.1 Å². The summed E-state index contributed by atoms with van der Waals surface area (Å²) in [6.45, 7) is 1.49. The van der Waals surface area contributed by atoms with Crippen LogP contribution in [0.2, 0.25) is 5.02 Å². The number of halogens is 3. The number of aromatic nitrogens is 2. The van der Waals surface area contributed by atoms with Gasteiger partial charge in [0.25, 0.3) is 0 Å². The summed E-state index contributed by atoms with van der Waals surface area (Å²) in [6, 6.07) is 7.15. The second-order valence-corrected chi connectivity index (χ2v) is 7.68. The van der Waals surface area contributed by atoms with Gasteiger partial charge in [-0.25, -0.2) is 13.8 Å². The van der Waals surface area contributed by atoms with Crippen LogP contribution in [-0.4, -0.2) is 35.0 Å². The Bertz CT molecular complexity index is 1210. The minimum absolute atomic E-state index is 0.0218. The van der Waals surface area contributed by atoms with Gasteiger partial charge in [-0.2, -0.15) is 5.26 Å². The topological polar surface area (TPSA) is 72.8 Å². The Morgan fingerprint density at radius 3 is 2.69 bits per heavy atom. The number of likely N-dealkylation sites (tertiary alicyclic amines) is 1. The lowest BCUT2D eigenvalue weighted by molar-refractivity contribution is 0.250. The minimum Gasteiger partial charge on any atom is -0.353 e. The molecule has 0 saturated carbocycles. The van der Waals surface area contributed by atoms with Gasteiger partial charge in [-0.1, -0.05) is 11.6 Å². The van der Waals surface area contributed by atoms with E-state index >= 15 is 4.39 Å². The Kier molecular flexibility index (Phi) is 5.07. The average Bonchev–Trinajstić information content (AvgIpc) is 2.69. The third-order valence-electron chi connectivity index (χ3n) is 5.39. The van der Waals surface area contributed by atoms with Gasteiger partial charge in [-0.05, 0) is 57.1 Å². The molecule has 1 aliphatic heterocycles. The van der Waals surface area contributed by atoms with Crippen molar-refractivity contribution >= 4 is 22.5 Å². The molecular formula is C21H17ClF2N4O. The van der Waals surface area contributed by atoms with E-state index in [2.05, 4.69) is 14.9 Å². The molecule has 3 aromatic rings. The van der Waals surface area contributed by atoms with Crippen molar-refractivity contribution < 1.29 is 8.78 Å². The van der Waals surface area contributed by atoms with E-state index < -0.39 is 17.1 Å². The van der Waals surface area contributed by atoms with Gasteiger partial charge in [-0.15, -0.1) is 0 Å². The molecule has 0 bridgehead atoms. The lowest BCUT2D eigenvalue weighted by Crippen LogP contribution is -2.30. The molecule has 148 valence electrons. The van der Waals surface area contributed by atoms with Crippen molar-refractivity contribution in [3.05, 3.63) is 62.4 Å². The van der Waals surface area contributed by atoms with Crippen molar-refractivity contribution in [2.45, 2.75) is 18.8 Å². The van der Waals surface area contributed by atoms with Gasteiger partial charge in [0.1, 0.15) is 29.1 Å². The van der Waals surface area contributed by atoms with Crippen molar-refractivity contribution in [1.29, 1.82) is 5.26 Å². The number of piperidine rings is 1. The molecule has 0 unspecified atom stereocenters. The number of nitriles is 1. The molecule has 29 heavy (non-hydrogen) atoms. The summed E-state index contributed by atoms with van der Waals surface area (Å²) in [4.78, 5) is 21.8. The highest BCUT2D eigenvalue weighted by Crippen LogP contribution is 2.34. The first kappa shape index (κ1) is 19.5. The normalized spacial score (nSPS) is 15.6. The molecule has 1 N–H and O–H groups in total. The van der Waals surface area contributed by atoms with Crippen LogP contribution in [0.5, 0.6) is 0 Å². The molecule has 1 saturated heterocycles. The monoisotopic (exact) mass is 414 g/mol. The fraction of sp³-hybridized carbons (Fsp3) is 0.286. The number of pyridine rings is 2. The fourth-order valence-corrected chi connectivity index (χ4v) is 4.06. The number of aromatic amines is 1. The predicted octanol–water partition coefficient (Wildman–Crippen LogP) is 4.20. The summed E-state index contributed by atoms with van der Waals surface area (Å²) in [6.07, 6.45) is 1.26. The molecule has 3 heterocycles. The van der Waals surface area contributed by atoms with Crippen LogP contribution < -0.4 is 5.43 Å². The Morgan fingerprint density at radius 2 is 2.00 bits per heavy atom. The number of nitrogens with one attached hydrogen (secondary N) is 1. The zero-order chi connectivity index (χ0) is 20.7. The second kappa shape index (κ2) is 7.54. The number of nitrogens with zero attached hydrogens (tertiary/aromatic N) is 3. The van der Waals surface area contributed by atoms with E-state index in [9.17, 15) is 9.18 Å². The Labute approximate surface area is 170 Å². The largest absolute Gasteiger partial charge is 0.353 e. The van der Waals surface area contributed by atoms with Gasteiger partial charge in [0.2, 0.25) is 0 Å². The highest BCUT2D eigenvalue weighted by molar-refractivity contribution is 6.33. The van der Waals surface area contributed by atoms with Crippen molar-refractivity contribution in [2.24, 2.45) is 0 Å². The molecule has 1 aliphatic rings. The van der Waals surface area contributed by atoms with Crippen molar-refractivity contribution in [3.63, 3.8) is 0 Å². The van der Waals surface area contributed by atoms with Crippen LogP contribution in [0.1, 0.15) is 30.0 Å². The maximum atomic E-state index is 15.2. The van der Waals surface area contributed by atoms with Gasteiger partial charge < -0.3 is 9.88 Å².